The fourth-order valence-corrected chi connectivity index (χ4v) is 1.50. The Bertz CT molecular complexity index is 226. The lowest BCUT2D eigenvalue weighted by Gasteiger charge is -2.13. The van der Waals surface area contributed by atoms with Gasteiger partial charge in [-0.05, 0) is 19.3 Å². The molecule has 0 saturated heterocycles. The van der Waals surface area contributed by atoms with E-state index in [4.69, 9.17) is 10.2 Å². The van der Waals surface area contributed by atoms with Gasteiger partial charge < -0.3 is 15.3 Å². The molecule has 0 aliphatic heterocycles. The highest BCUT2D eigenvalue weighted by Crippen LogP contribution is 2.15. The second-order valence-electron chi connectivity index (χ2n) is 4.01. The molecule has 0 fully saturated rings. The lowest BCUT2D eigenvalue weighted by atomic mass is 9.96. The van der Waals surface area contributed by atoms with Crippen molar-refractivity contribution in [1.29, 1.82) is 0 Å². The summed E-state index contributed by atoms with van der Waals surface area (Å²) >= 11 is 0. The van der Waals surface area contributed by atoms with Gasteiger partial charge in [0.05, 0.1) is 18.4 Å². The second kappa shape index (κ2) is 8.10. The number of rotatable bonds is 9. The zero-order chi connectivity index (χ0) is 12.6. The topological polar surface area (TPSA) is 94.8 Å². The highest BCUT2D eigenvalue weighted by Gasteiger charge is 2.21. The molecule has 0 aliphatic carbocycles. The number of hydrogen-bond donors (Lipinski definition) is 3. The van der Waals surface area contributed by atoms with Gasteiger partial charge in [0.15, 0.2) is 0 Å². The van der Waals surface area contributed by atoms with Crippen LogP contribution in [-0.2, 0) is 9.59 Å². The first-order valence-electron chi connectivity index (χ1n) is 5.60. The van der Waals surface area contributed by atoms with E-state index in [2.05, 4.69) is 0 Å². The maximum Gasteiger partial charge on any atom is 0.307 e. The van der Waals surface area contributed by atoms with E-state index in [1.54, 1.807) is 0 Å². The maximum atomic E-state index is 10.7. The third-order valence-corrected chi connectivity index (χ3v) is 2.51. The number of carbonyl (C=O) groups is 2. The Labute approximate surface area is 95.1 Å². The summed E-state index contributed by atoms with van der Waals surface area (Å²) in [6.07, 6.45) is 2.20. The molecule has 0 saturated carbocycles. The number of hydrogen-bond acceptors (Lipinski definition) is 3. The number of unbranched alkanes of at least 4 members (excludes halogenated alkanes) is 1. The summed E-state index contributed by atoms with van der Waals surface area (Å²) in [4.78, 5) is 21.1. The van der Waals surface area contributed by atoms with Crippen LogP contribution < -0.4 is 0 Å². The van der Waals surface area contributed by atoms with Crippen molar-refractivity contribution in [3.8, 4) is 0 Å². The zero-order valence-electron chi connectivity index (χ0n) is 9.56. The van der Waals surface area contributed by atoms with Gasteiger partial charge in [0.1, 0.15) is 0 Å². The van der Waals surface area contributed by atoms with Crippen LogP contribution in [-0.4, -0.2) is 33.4 Å². The number of aliphatic carboxylic acids is 2. The summed E-state index contributed by atoms with van der Waals surface area (Å²) in [5, 5.41) is 26.8. The maximum absolute atomic E-state index is 10.7. The summed E-state index contributed by atoms with van der Waals surface area (Å²) in [5.74, 6) is -3.12. The summed E-state index contributed by atoms with van der Waals surface area (Å²) in [6, 6.07) is 0. The van der Waals surface area contributed by atoms with Crippen molar-refractivity contribution in [2.75, 3.05) is 0 Å². The van der Waals surface area contributed by atoms with Crippen molar-refractivity contribution in [3.05, 3.63) is 0 Å². The Morgan fingerprint density at radius 2 is 1.75 bits per heavy atom. The molecule has 5 nitrogen and oxygen atoms in total. The Morgan fingerprint density at radius 1 is 1.12 bits per heavy atom. The van der Waals surface area contributed by atoms with Crippen LogP contribution in [0.5, 0.6) is 0 Å². The minimum Gasteiger partial charge on any atom is -0.481 e. The highest BCUT2D eigenvalue weighted by atomic mass is 16.4. The fourth-order valence-electron chi connectivity index (χ4n) is 1.50. The molecule has 16 heavy (non-hydrogen) atoms. The van der Waals surface area contributed by atoms with E-state index >= 15 is 0 Å². The molecule has 0 radical (unpaired) electrons. The third-order valence-electron chi connectivity index (χ3n) is 2.51. The quantitative estimate of drug-likeness (QED) is 0.560. The molecule has 0 bridgehead atoms. The first kappa shape index (κ1) is 14.9. The molecule has 3 N–H and O–H groups in total. The van der Waals surface area contributed by atoms with E-state index in [1.807, 2.05) is 6.92 Å². The van der Waals surface area contributed by atoms with Crippen LogP contribution in [0, 0.1) is 5.92 Å². The molecule has 2 unspecified atom stereocenters. The van der Waals surface area contributed by atoms with E-state index in [0.717, 1.165) is 12.8 Å². The predicted octanol–water partition coefficient (Wildman–Crippen LogP) is 1.49. The molecule has 0 amide bonds. The van der Waals surface area contributed by atoms with Crippen LogP contribution in [0.2, 0.25) is 0 Å². The third kappa shape index (κ3) is 7.23. The fraction of sp³-hybridized carbons (Fsp3) is 0.818. The van der Waals surface area contributed by atoms with Gasteiger partial charge >= 0.3 is 11.9 Å². The van der Waals surface area contributed by atoms with Gasteiger partial charge in [-0.15, -0.1) is 0 Å². The van der Waals surface area contributed by atoms with E-state index in [1.165, 1.54) is 0 Å². The number of carboxylic acids is 2. The molecule has 0 aliphatic rings. The summed E-state index contributed by atoms with van der Waals surface area (Å²) in [7, 11) is 0. The molecule has 0 aromatic heterocycles. The van der Waals surface area contributed by atoms with Gasteiger partial charge in [-0.25, -0.2) is 0 Å². The second-order valence-corrected chi connectivity index (χ2v) is 4.01. The lowest BCUT2D eigenvalue weighted by molar-refractivity contribution is -0.148. The minimum atomic E-state index is -1.12. The molecule has 0 spiro atoms. The molecular weight excluding hydrogens is 212 g/mol. The smallest absolute Gasteiger partial charge is 0.307 e. The van der Waals surface area contributed by atoms with Crippen LogP contribution in [0.15, 0.2) is 0 Å². The van der Waals surface area contributed by atoms with Gasteiger partial charge in [-0.3, -0.25) is 9.59 Å². The van der Waals surface area contributed by atoms with Crippen molar-refractivity contribution in [2.24, 2.45) is 5.92 Å². The monoisotopic (exact) mass is 232 g/mol. The molecule has 2 atom stereocenters. The normalized spacial score (nSPS) is 14.4. The van der Waals surface area contributed by atoms with Crippen molar-refractivity contribution in [1.82, 2.24) is 0 Å². The Kier molecular flexibility index (Phi) is 7.54. The van der Waals surface area contributed by atoms with Crippen LogP contribution >= 0.6 is 0 Å². The number of aliphatic hydroxyl groups excluding tert-OH is 1. The van der Waals surface area contributed by atoms with Gasteiger partial charge in [-0.1, -0.05) is 19.8 Å². The van der Waals surface area contributed by atoms with Gasteiger partial charge in [0.2, 0.25) is 0 Å². The van der Waals surface area contributed by atoms with Gasteiger partial charge in [0.25, 0.3) is 0 Å². The van der Waals surface area contributed by atoms with Gasteiger partial charge in [0, 0.05) is 0 Å². The Balaban J connectivity index is 3.92. The van der Waals surface area contributed by atoms with E-state index in [-0.39, 0.29) is 12.8 Å². The average molecular weight is 232 g/mol. The number of carboxylic acid groups (broad SMARTS) is 2. The van der Waals surface area contributed by atoms with Crippen molar-refractivity contribution < 1.29 is 24.9 Å². The molecule has 94 valence electrons. The van der Waals surface area contributed by atoms with Crippen molar-refractivity contribution >= 4 is 11.9 Å². The van der Waals surface area contributed by atoms with E-state index in [0.29, 0.717) is 12.8 Å². The first-order valence-corrected chi connectivity index (χ1v) is 5.60. The largest absolute Gasteiger partial charge is 0.481 e. The summed E-state index contributed by atoms with van der Waals surface area (Å²) in [5.41, 5.74) is 0. The number of aliphatic hydroxyl groups is 1. The van der Waals surface area contributed by atoms with Crippen LogP contribution in [0.1, 0.15) is 45.4 Å². The average Bonchev–Trinajstić information content (AvgIpc) is 2.20. The molecule has 0 aromatic rings. The zero-order valence-corrected chi connectivity index (χ0v) is 9.56. The van der Waals surface area contributed by atoms with Gasteiger partial charge in [-0.2, -0.15) is 0 Å². The predicted molar refractivity (Wildman–Crippen MR) is 58.1 cm³/mol. The lowest BCUT2D eigenvalue weighted by Crippen LogP contribution is -2.20. The summed E-state index contributed by atoms with van der Waals surface area (Å²) in [6.45, 7) is 2.01. The van der Waals surface area contributed by atoms with E-state index in [9.17, 15) is 14.7 Å². The molecule has 0 aromatic carbocycles. The highest BCUT2D eigenvalue weighted by molar-refractivity contribution is 5.77. The Morgan fingerprint density at radius 3 is 2.19 bits per heavy atom. The van der Waals surface area contributed by atoms with Crippen molar-refractivity contribution in [2.45, 2.75) is 51.6 Å². The molecule has 5 heteroatoms. The molecular formula is C11H20O5. The molecule has 0 heterocycles. The van der Waals surface area contributed by atoms with Crippen LogP contribution in [0.4, 0.5) is 0 Å². The van der Waals surface area contributed by atoms with E-state index < -0.39 is 24.0 Å². The first-order chi connectivity index (χ1) is 7.47. The SMILES string of the molecule is CCCCC(O)CCC(CC(=O)O)C(=O)O. The molecule has 0 rings (SSSR count). The Hall–Kier alpha value is -1.10. The van der Waals surface area contributed by atoms with Crippen molar-refractivity contribution in [3.63, 3.8) is 0 Å². The minimum absolute atomic E-state index is 0.215. The standard InChI is InChI=1S/C11H20O5/c1-2-3-4-9(12)6-5-8(11(15)16)7-10(13)14/h8-9,12H,2-7H2,1H3,(H,13,14)(H,15,16). The van der Waals surface area contributed by atoms with Crippen LogP contribution in [0.25, 0.3) is 0 Å². The van der Waals surface area contributed by atoms with Crippen LogP contribution in [0.3, 0.4) is 0 Å². The summed E-state index contributed by atoms with van der Waals surface area (Å²) < 4.78 is 0.